The normalized spacial score (nSPS) is 24.4. The van der Waals surface area contributed by atoms with Crippen molar-refractivity contribution < 1.29 is 14.6 Å². The van der Waals surface area contributed by atoms with Crippen LogP contribution in [0.15, 0.2) is 17.0 Å². The lowest BCUT2D eigenvalue weighted by molar-refractivity contribution is -0.138. The standard InChI is InChI=1S/C14H22N2O3S/c1-20-8-5-10(13(17)18)16-11-9-12(15)19-14(11)6-3-2-4-7-14/h9-10H,2-8,15H2,1H3,(H,17,18)/t10-/m0/s1. The van der Waals surface area contributed by atoms with Gasteiger partial charge in [0.05, 0.1) is 5.71 Å². The van der Waals surface area contributed by atoms with E-state index in [0.717, 1.165) is 37.1 Å². The van der Waals surface area contributed by atoms with Crippen LogP contribution < -0.4 is 5.73 Å². The molecule has 0 aromatic rings. The lowest BCUT2D eigenvalue weighted by atomic mass is 9.81. The van der Waals surface area contributed by atoms with Gasteiger partial charge in [0.2, 0.25) is 0 Å². The van der Waals surface area contributed by atoms with Crippen LogP contribution in [0.2, 0.25) is 0 Å². The molecule has 2 aliphatic rings. The van der Waals surface area contributed by atoms with Crippen LogP contribution in [0.1, 0.15) is 38.5 Å². The Balaban J connectivity index is 2.21. The molecule has 20 heavy (non-hydrogen) atoms. The molecule has 0 radical (unpaired) electrons. The molecule has 1 atom stereocenters. The van der Waals surface area contributed by atoms with E-state index >= 15 is 0 Å². The van der Waals surface area contributed by atoms with Gasteiger partial charge in [-0.3, -0.25) is 4.99 Å². The molecule has 0 aromatic heterocycles. The Labute approximate surface area is 123 Å². The SMILES string of the molecule is CSCC[C@H](N=C1C=C(N)OC12CCCCC2)C(=O)O. The van der Waals surface area contributed by atoms with Crippen LogP contribution in [0, 0.1) is 0 Å². The van der Waals surface area contributed by atoms with Crippen molar-refractivity contribution in [1.29, 1.82) is 0 Å². The smallest absolute Gasteiger partial charge is 0.328 e. The first-order valence-electron chi connectivity index (χ1n) is 7.03. The van der Waals surface area contributed by atoms with E-state index in [2.05, 4.69) is 4.99 Å². The lowest BCUT2D eigenvalue weighted by Crippen LogP contribution is -2.40. The molecule has 0 bridgehead atoms. The first-order valence-corrected chi connectivity index (χ1v) is 8.43. The number of rotatable bonds is 5. The van der Waals surface area contributed by atoms with Gasteiger partial charge in [-0.05, 0) is 44.1 Å². The molecule has 0 saturated heterocycles. The van der Waals surface area contributed by atoms with E-state index in [1.165, 1.54) is 6.42 Å². The minimum absolute atomic E-state index is 0.361. The average Bonchev–Trinajstić information content (AvgIpc) is 2.70. The van der Waals surface area contributed by atoms with Gasteiger partial charge in [-0.1, -0.05) is 6.42 Å². The molecule has 1 fully saturated rings. The fraction of sp³-hybridized carbons (Fsp3) is 0.714. The highest BCUT2D eigenvalue weighted by molar-refractivity contribution is 7.98. The highest BCUT2D eigenvalue weighted by atomic mass is 32.2. The number of nitrogens with two attached hydrogens (primary N) is 1. The fourth-order valence-electron chi connectivity index (χ4n) is 2.85. The summed E-state index contributed by atoms with van der Waals surface area (Å²) in [5.41, 5.74) is 6.05. The summed E-state index contributed by atoms with van der Waals surface area (Å²) in [6.45, 7) is 0. The lowest BCUT2D eigenvalue weighted by Gasteiger charge is -2.33. The van der Waals surface area contributed by atoms with E-state index in [4.69, 9.17) is 10.5 Å². The molecule has 0 aromatic carbocycles. The summed E-state index contributed by atoms with van der Waals surface area (Å²) in [5, 5.41) is 9.30. The molecule has 1 heterocycles. The summed E-state index contributed by atoms with van der Waals surface area (Å²) in [6.07, 6.45) is 9.28. The van der Waals surface area contributed by atoms with E-state index in [0.29, 0.717) is 12.3 Å². The zero-order valence-electron chi connectivity index (χ0n) is 11.8. The topological polar surface area (TPSA) is 84.9 Å². The van der Waals surface area contributed by atoms with Crippen LogP contribution >= 0.6 is 11.8 Å². The maximum atomic E-state index is 11.3. The highest BCUT2D eigenvalue weighted by Crippen LogP contribution is 2.38. The summed E-state index contributed by atoms with van der Waals surface area (Å²) >= 11 is 1.63. The second kappa shape index (κ2) is 6.52. The molecule has 2 rings (SSSR count). The predicted octanol–water partition coefficient (Wildman–Crippen LogP) is 2.17. The second-order valence-electron chi connectivity index (χ2n) is 5.35. The van der Waals surface area contributed by atoms with E-state index in [-0.39, 0.29) is 0 Å². The third kappa shape index (κ3) is 3.29. The number of carboxylic acids is 1. The third-order valence-electron chi connectivity index (χ3n) is 3.90. The molecule has 1 aliphatic carbocycles. The Morgan fingerprint density at radius 3 is 2.85 bits per heavy atom. The summed E-state index contributed by atoms with van der Waals surface area (Å²) in [4.78, 5) is 15.8. The summed E-state index contributed by atoms with van der Waals surface area (Å²) < 4.78 is 5.80. The molecule has 6 heteroatoms. The molecule has 1 spiro atoms. The van der Waals surface area contributed by atoms with Crippen LogP contribution in [-0.4, -0.2) is 40.4 Å². The Kier molecular flexibility index (Phi) is 4.96. The Bertz CT molecular complexity index is 428. The van der Waals surface area contributed by atoms with E-state index in [1.54, 1.807) is 17.8 Å². The van der Waals surface area contributed by atoms with Crippen LogP contribution in [0.25, 0.3) is 0 Å². The maximum absolute atomic E-state index is 11.3. The molecular formula is C14H22N2O3S. The first-order chi connectivity index (χ1) is 9.57. The molecule has 3 N–H and O–H groups in total. The second-order valence-corrected chi connectivity index (χ2v) is 6.34. The Hall–Kier alpha value is -1.17. The van der Waals surface area contributed by atoms with Crippen LogP contribution in [-0.2, 0) is 9.53 Å². The number of ether oxygens (including phenoxy) is 1. The summed E-state index contributed by atoms with van der Waals surface area (Å²) in [5.74, 6) is 0.261. The highest BCUT2D eigenvalue weighted by Gasteiger charge is 2.43. The van der Waals surface area contributed by atoms with Gasteiger partial charge < -0.3 is 15.6 Å². The summed E-state index contributed by atoms with van der Waals surface area (Å²) in [7, 11) is 0. The number of aliphatic imine (C=N–C) groups is 1. The van der Waals surface area contributed by atoms with Crippen LogP contribution in [0.5, 0.6) is 0 Å². The van der Waals surface area contributed by atoms with Gasteiger partial charge in [0.25, 0.3) is 0 Å². The minimum atomic E-state index is -0.878. The number of thioether (sulfide) groups is 1. The first kappa shape index (κ1) is 15.2. The van der Waals surface area contributed by atoms with E-state index in [1.807, 2.05) is 6.26 Å². The zero-order valence-corrected chi connectivity index (χ0v) is 12.6. The van der Waals surface area contributed by atoms with E-state index in [9.17, 15) is 9.90 Å². The van der Waals surface area contributed by atoms with Crippen molar-refractivity contribution in [2.45, 2.75) is 50.2 Å². The molecule has 1 aliphatic heterocycles. The van der Waals surface area contributed by atoms with Crippen molar-refractivity contribution in [2.24, 2.45) is 10.7 Å². The molecule has 5 nitrogen and oxygen atoms in total. The number of aliphatic carboxylic acids is 1. The van der Waals surface area contributed by atoms with Crippen molar-refractivity contribution in [1.82, 2.24) is 0 Å². The van der Waals surface area contributed by atoms with Crippen LogP contribution in [0.4, 0.5) is 0 Å². The molecule has 0 amide bonds. The number of carboxylic acid groups (broad SMARTS) is 1. The maximum Gasteiger partial charge on any atom is 0.328 e. The Morgan fingerprint density at radius 2 is 2.25 bits per heavy atom. The average molecular weight is 298 g/mol. The predicted molar refractivity (Wildman–Crippen MR) is 81.0 cm³/mol. The monoisotopic (exact) mass is 298 g/mol. The molecular weight excluding hydrogens is 276 g/mol. The van der Waals surface area contributed by atoms with Gasteiger partial charge in [0.1, 0.15) is 6.04 Å². The van der Waals surface area contributed by atoms with Gasteiger partial charge >= 0.3 is 5.97 Å². The third-order valence-corrected chi connectivity index (χ3v) is 4.54. The molecule has 1 saturated carbocycles. The largest absolute Gasteiger partial charge is 0.480 e. The Morgan fingerprint density at radius 1 is 1.55 bits per heavy atom. The van der Waals surface area contributed by atoms with Crippen molar-refractivity contribution in [3.63, 3.8) is 0 Å². The zero-order chi connectivity index (χ0) is 14.6. The number of carbonyl (C=O) groups is 1. The van der Waals surface area contributed by atoms with Crippen molar-refractivity contribution >= 4 is 23.4 Å². The van der Waals surface area contributed by atoms with Gasteiger partial charge in [0.15, 0.2) is 11.5 Å². The van der Waals surface area contributed by atoms with Gasteiger partial charge in [-0.15, -0.1) is 0 Å². The van der Waals surface area contributed by atoms with Crippen LogP contribution in [0.3, 0.4) is 0 Å². The minimum Gasteiger partial charge on any atom is -0.480 e. The number of hydrogen-bond acceptors (Lipinski definition) is 5. The van der Waals surface area contributed by atoms with Gasteiger partial charge in [-0.25, -0.2) is 4.79 Å². The number of nitrogens with zero attached hydrogens (tertiary/aromatic N) is 1. The fourth-order valence-corrected chi connectivity index (χ4v) is 3.31. The van der Waals surface area contributed by atoms with Crippen molar-refractivity contribution in [3.8, 4) is 0 Å². The van der Waals surface area contributed by atoms with E-state index < -0.39 is 17.6 Å². The van der Waals surface area contributed by atoms with Gasteiger partial charge in [-0.2, -0.15) is 11.8 Å². The summed E-state index contributed by atoms with van der Waals surface area (Å²) in [6, 6.07) is -0.706. The molecule has 0 unspecified atom stereocenters. The van der Waals surface area contributed by atoms with Crippen molar-refractivity contribution in [2.75, 3.05) is 12.0 Å². The quantitative estimate of drug-likeness (QED) is 0.812. The van der Waals surface area contributed by atoms with Gasteiger partial charge in [0, 0.05) is 6.08 Å². The number of hydrogen-bond donors (Lipinski definition) is 2. The molecule has 112 valence electrons. The van der Waals surface area contributed by atoms with Crippen molar-refractivity contribution in [3.05, 3.63) is 12.0 Å².